The third-order valence-corrected chi connectivity index (χ3v) is 4.26. The van der Waals surface area contributed by atoms with Gasteiger partial charge in [-0.15, -0.1) is 0 Å². The van der Waals surface area contributed by atoms with Gasteiger partial charge in [0.1, 0.15) is 12.4 Å². The summed E-state index contributed by atoms with van der Waals surface area (Å²) in [5.41, 5.74) is 2.90. The molecule has 3 rings (SSSR count). The van der Waals surface area contributed by atoms with Crippen molar-refractivity contribution < 1.29 is 14.3 Å². The fourth-order valence-electron chi connectivity index (χ4n) is 2.78. The Bertz CT molecular complexity index is 693. The highest BCUT2D eigenvalue weighted by atomic mass is 16.5. The fourth-order valence-corrected chi connectivity index (χ4v) is 2.78. The summed E-state index contributed by atoms with van der Waals surface area (Å²) < 4.78 is 11.3. The minimum Gasteiger partial charge on any atom is -0.491 e. The molecule has 4 nitrogen and oxygen atoms in total. The van der Waals surface area contributed by atoms with E-state index in [-0.39, 0.29) is 12.0 Å². The van der Waals surface area contributed by atoms with Gasteiger partial charge < -0.3 is 14.8 Å². The van der Waals surface area contributed by atoms with Crippen molar-refractivity contribution in [2.45, 2.75) is 32.4 Å². The lowest BCUT2D eigenvalue weighted by Gasteiger charge is -2.12. The average Bonchev–Trinajstić information content (AvgIpc) is 3.13. The molecule has 2 aromatic carbocycles. The molecule has 1 N–H and O–H groups in total. The smallest absolute Gasteiger partial charge is 0.251 e. The molecule has 2 aromatic rings. The van der Waals surface area contributed by atoms with Gasteiger partial charge in [-0.3, -0.25) is 4.79 Å². The zero-order valence-electron chi connectivity index (χ0n) is 14.0. The Morgan fingerprint density at radius 1 is 1.25 bits per heavy atom. The predicted octanol–water partition coefficient (Wildman–Crippen LogP) is 3.48. The number of amides is 1. The summed E-state index contributed by atoms with van der Waals surface area (Å²) in [6.07, 6.45) is 2.30. The van der Waals surface area contributed by atoms with Crippen LogP contribution in [0.4, 0.5) is 0 Å². The summed E-state index contributed by atoms with van der Waals surface area (Å²) in [4.78, 5) is 12.4. The van der Waals surface area contributed by atoms with Crippen molar-refractivity contribution in [3.05, 3.63) is 65.2 Å². The van der Waals surface area contributed by atoms with Gasteiger partial charge in [-0.05, 0) is 49.1 Å². The molecule has 0 aromatic heterocycles. The molecule has 1 atom stereocenters. The molecule has 0 radical (unpaired) electrons. The maximum absolute atomic E-state index is 12.4. The summed E-state index contributed by atoms with van der Waals surface area (Å²) in [7, 11) is 0. The Morgan fingerprint density at radius 3 is 2.92 bits per heavy atom. The molecule has 0 spiro atoms. The van der Waals surface area contributed by atoms with E-state index in [1.807, 2.05) is 43.3 Å². The summed E-state index contributed by atoms with van der Waals surface area (Å²) in [5, 5.41) is 2.96. The number of benzene rings is 2. The van der Waals surface area contributed by atoms with Gasteiger partial charge in [-0.1, -0.05) is 30.3 Å². The second-order valence-corrected chi connectivity index (χ2v) is 6.08. The van der Waals surface area contributed by atoms with Gasteiger partial charge in [0.25, 0.3) is 5.91 Å². The number of hydrogen-bond donors (Lipinski definition) is 1. The first kappa shape index (κ1) is 16.5. The van der Waals surface area contributed by atoms with Crippen LogP contribution in [-0.4, -0.2) is 25.2 Å². The van der Waals surface area contributed by atoms with Crippen LogP contribution < -0.4 is 10.1 Å². The molecular formula is C20H23NO3. The van der Waals surface area contributed by atoms with E-state index < -0.39 is 0 Å². The van der Waals surface area contributed by atoms with Gasteiger partial charge >= 0.3 is 0 Å². The first-order valence-electron chi connectivity index (χ1n) is 8.39. The zero-order chi connectivity index (χ0) is 16.8. The van der Waals surface area contributed by atoms with Gasteiger partial charge in [0.15, 0.2) is 0 Å². The second kappa shape index (κ2) is 7.97. The molecule has 0 saturated carbocycles. The van der Waals surface area contributed by atoms with Crippen LogP contribution in [0.2, 0.25) is 0 Å². The summed E-state index contributed by atoms with van der Waals surface area (Å²) in [6, 6.07) is 15.3. The number of hydrogen-bond acceptors (Lipinski definition) is 3. The number of aryl methyl sites for hydroxylation is 1. The fraction of sp³-hybridized carbons (Fsp3) is 0.350. The predicted molar refractivity (Wildman–Crippen MR) is 93.3 cm³/mol. The molecule has 1 unspecified atom stereocenters. The van der Waals surface area contributed by atoms with Crippen molar-refractivity contribution in [2.24, 2.45) is 0 Å². The van der Waals surface area contributed by atoms with Crippen molar-refractivity contribution in [1.82, 2.24) is 5.32 Å². The SMILES string of the molecule is Cc1ccccc1CNC(=O)c1cccc(OCC2CCCO2)c1. The second-order valence-electron chi connectivity index (χ2n) is 6.08. The molecular weight excluding hydrogens is 302 g/mol. The number of carbonyl (C=O) groups is 1. The first-order valence-corrected chi connectivity index (χ1v) is 8.39. The maximum atomic E-state index is 12.4. The van der Waals surface area contributed by atoms with Crippen LogP contribution >= 0.6 is 0 Å². The van der Waals surface area contributed by atoms with Crippen molar-refractivity contribution in [3.63, 3.8) is 0 Å². The standard InChI is InChI=1S/C20H23NO3/c1-15-6-2-3-7-17(15)13-21-20(22)16-8-4-9-18(12-16)24-14-19-10-5-11-23-19/h2-4,6-9,12,19H,5,10-11,13-14H2,1H3,(H,21,22). The van der Waals surface area contributed by atoms with E-state index in [4.69, 9.17) is 9.47 Å². The molecule has 126 valence electrons. The lowest BCUT2D eigenvalue weighted by Crippen LogP contribution is -2.23. The van der Waals surface area contributed by atoms with Gasteiger partial charge in [0, 0.05) is 18.7 Å². The highest BCUT2D eigenvalue weighted by molar-refractivity contribution is 5.94. The maximum Gasteiger partial charge on any atom is 0.251 e. The normalized spacial score (nSPS) is 16.8. The quantitative estimate of drug-likeness (QED) is 0.884. The van der Waals surface area contributed by atoms with E-state index in [0.29, 0.717) is 24.5 Å². The zero-order valence-corrected chi connectivity index (χ0v) is 14.0. The van der Waals surface area contributed by atoms with Crippen LogP contribution in [0.1, 0.15) is 34.3 Å². The molecule has 24 heavy (non-hydrogen) atoms. The van der Waals surface area contributed by atoms with Crippen LogP contribution in [0.25, 0.3) is 0 Å². The molecule has 4 heteroatoms. The number of ether oxygens (including phenoxy) is 2. The van der Waals surface area contributed by atoms with Gasteiger partial charge in [-0.2, -0.15) is 0 Å². The topological polar surface area (TPSA) is 47.6 Å². The van der Waals surface area contributed by atoms with E-state index in [0.717, 1.165) is 25.0 Å². The van der Waals surface area contributed by atoms with Crippen molar-refractivity contribution >= 4 is 5.91 Å². The Kier molecular flexibility index (Phi) is 5.49. The van der Waals surface area contributed by atoms with Crippen LogP contribution in [0.5, 0.6) is 5.75 Å². The molecule has 1 saturated heterocycles. The molecule has 1 heterocycles. The highest BCUT2D eigenvalue weighted by Crippen LogP contribution is 2.17. The molecule has 0 bridgehead atoms. The Hall–Kier alpha value is -2.33. The Balaban J connectivity index is 1.56. The summed E-state index contributed by atoms with van der Waals surface area (Å²) in [6.45, 7) is 3.91. The minimum absolute atomic E-state index is 0.0965. The molecule has 1 aliphatic heterocycles. The van der Waals surface area contributed by atoms with Crippen molar-refractivity contribution in [2.75, 3.05) is 13.2 Å². The molecule has 1 fully saturated rings. The molecule has 0 aliphatic carbocycles. The van der Waals surface area contributed by atoms with Gasteiger partial charge in [-0.25, -0.2) is 0 Å². The lowest BCUT2D eigenvalue weighted by atomic mass is 10.1. The third kappa shape index (κ3) is 4.36. The van der Waals surface area contributed by atoms with Crippen LogP contribution in [0.15, 0.2) is 48.5 Å². The third-order valence-electron chi connectivity index (χ3n) is 4.26. The van der Waals surface area contributed by atoms with Crippen LogP contribution in [-0.2, 0) is 11.3 Å². The van der Waals surface area contributed by atoms with Gasteiger partial charge in [0.05, 0.1) is 6.10 Å². The van der Waals surface area contributed by atoms with Gasteiger partial charge in [0.2, 0.25) is 0 Å². The van der Waals surface area contributed by atoms with E-state index in [2.05, 4.69) is 5.32 Å². The minimum atomic E-state index is -0.0965. The number of nitrogens with one attached hydrogen (secondary N) is 1. The first-order chi connectivity index (χ1) is 11.7. The Morgan fingerprint density at radius 2 is 2.12 bits per heavy atom. The van der Waals surface area contributed by atoms with E-state index in [1.165, 1.54) is 5.56 Å². The van der Waals surface area contributed by atoms with Crippen molar-refractivity contribution in [3.8, 4) is 5.75 Å². The Labute approximate surface area is 142 Å². The van der Waals surface area contributed by atoms with Crippen LogP contribution in [0.3, 0.4) is 0 Å². The summed E-state index contributed by atoms with van der Waals surface area (Å²) >= 11 is 0. The van der Waals surface area contributed by atoms with Crippen LogP contribution in [0, 0.1) is 6.92 Å². The molecule has 1 aliphatic rings. The van der Waals surface area contributed by atoms with E-state index in [1.54, 1.807) is 12.1 Å². The lowest BCUT2D eigenvalue weighted by molar-refractivity contribution is 0.0679. The summed E-state index contributed by atoms with van der Waals surface area (Å²) in [5.74, 6) is 0.606. The van der Waals surface area contributed by atoms with E-state index >= 15 is 0 Å². The average molecular weight is 325 g/mol. The number of carbonyl (C=O) groups excluding carboxylic acids is 1. The van der Waals surface area contributed by atoms with Crippen molar-refractivity contribution in [1.29, 1.82) is 0 Å². The number of rotatable bonds is 6. The monoisotopic (exact) mass is 325 g/mol. The van der Waals surface area contributed by atoms with E-state index in [9.17, 15) is 4.79 Å². The largest absolute Gasteiger partial charge is 0.491 e. The highest BCUT2D eigenvalue weighted by Gasteiger charge is 2.16. The molecule has 1 amide bonds.